The van der Waals surface area contributed by atoms with Crippen LogP contribution in [0.2, 0.25) is 0 Å². The van der Waals surface area contributed by atoms with Crippen molar-refractivity contribution in [1.29, 1.82) is 0 Å². The lowest BCUT2D eigenvalue weighted by Crippen LogP contribution is -2.37. The minimum atomic E-state index is -4.60. The highest BCUT2D eigenvalue weighted by atomic mass is 19.4. The SMILES string of the molecule is Cc1cc(N)cc(C(=O)N2CCCN(C(=O)c3cc(N)cc(C(F)(F)F)c3)CC2)c1. The van der Waals surface area contributed by atoms with Crippen LogP contribution in [0, 0.1) is 6.92 Å². The Morgan fingerprint density at radius 3 is 1.80 bits per heavy atom. The summed E-state index contributed by atoms with van der Waals surface area (Å²) in [7, 11) is 0. The highest BCUT2D eigenvalue weighted by Gasteiger charge is 2.32. The van der Waals surface area contributed by atoms with E-state index in [2.05, 4.69) is 0 Å². The van der Waals surface area contributed by atoms with Crippen LogP contribution in [0.1, 0.15) is 38.3 Å². The smallest absolute Gasteiger partial charge is 0.399 e. The van der Waals surface area contributed by atoms with Gasteiger partial charge in [-0.25, -0.2) is 0 Å². The second-order valence-corrected chi connectivity index (χ2v) is 7.41. The fourth-order valence-corrected chi connectivity index (χ4v) is 3.56. The number of benzene rings is 2. The predicted molar refractivity (Wildman–Crippen MR) is 108 cm³/mol. The molecule has 0 bridgehead atoms. The van der Waals surface area contributed by atoms with E-state index in [1.54, 1.807) is 23.1 Å². The van der Waals surface area contributed by atoms with Gasteiger partial charge in [-0.1, -0.05) is 0 Å². The number of nitrogens with zero attached hydrogens (tertiary/aromatic N) is 2. The molecule has 1 aliphatic heterocycles. The standard InChI is InChI=1S/C21H23F3N4O2/c1-13-7-14(10-17(25)8-13)19(29)27-3-2-4-28(6-5-27)20(30)15-9-16(21(22,23)24)12-18(26)11-15/h7-12H,2-6,25-26H2,1H3. The van der Waals surface area contributed by atoms with E-state index in [0.29, 0.717) is 30.8 Å². The molecule has 1 saturated heterocycles. The van der Waals surface area contributed by atoms with Crippen molar-refractivity contribution >= 4 is 23.2 Å². The summed E-state index contributed by atoms with van der Waals surface area (Å²) < 4.78 is 39.1. The number of halogens is 3. The van der Waals surface area contributed by atoms with Gasteiger partial charge >= 0.3 is 6.18 Å². The van der Waals surface area contributed by atoms with Gasteiger partial charge in [0.15, 0.2) is 0 Å². The second-order valence-electron chi connectivity index (χ2n) is 7.41. The Labute approximate surface area is 172 Å². The van der Waals surface area contributed by atoms with Crippen molar-refractivity contribution in [2.45, 2.75) is 19.5 Å². The third kappa shape index (κ3) is 4.84. The molecule has 30 heavy (non-hydrogen) atoms. The highest BCUT2D eigenvalue weighted by molar-refractivity contribution is 5.96. The maximum absolute atomic E-state index is 13.0. The lowest BCUT2D eigenvalue weighted by Gasteiger charge is -2.23. The number of carbonyl (C=O) groups is 2. The molecule has 4 N–H and O–H groups in total. The molecule has 2 aromatic rings. The molecule has 3 rings (SSSR count). The molecule has 0 saturated carbocycles. The van der Waals surface area contributed by atoms with E-state index in [1.807, 2.05) is 6.92 Å². The average molecular weight is 420 g/mol. The number of anilines is 2. The Bertz CT molecular complexity index is 955. The van der Waals surface area contributed by atoms with E-state index in [-0.39, 0.29) is 30.2 Å². The fraction of sp³-hybridized carbons (Fsp3) is 0.333. The zero-order chi connectivity index (χ0) is 22.1. The number of nitrogens with two attached hydrogens (primary N) is 2. The molecule has 0 spiro atoms. The van der Waals surface area contributed by atoms with Gasteiger partial charge in [0, 0.05) is 48.7 Å². The van der Waals surface area contributed by atoms with E-state index < -0.39 is 17.6 Å². The number of rotatable bonds is 2. The van der Waals surface area contributed by atoms with Crippen molar-refractivity contribution in [2.24, 2.45) is 0 Å². The minimum absolute atomic E-state index is 0.117. The number of nitrogen functional groups attached to an aromatic ring is 2. The summed E-state index contributed by atoms with van der Waals surface area (Å²) in [5.74, 6) is -0.732. The first-order valence-electron chi connectivity index (χ1n) is 9.48. The third-order valence-electron chi connectivity index (χ3n) is 4.95. The fourth-order valence-electron chi connectivity index (χ4n) is 3.56. The number of carbonyl (C=O) groups excluding carboxylic acids is 2. The third-order valence-corrected chi connectivity index (χ3v) is 4.95. The molecule has 6 nitrogen and oxygen atoms in total. The minimum Gasteiger partial charge on any atom is -0.399 e. The van der Waals surface area contributed by atoms with Crippen LogP contribution in [0.5, 0.6) is 0 Å². The van der Waals surface area contributed by atoms with E-state index in [9.17, 15) is 22.8 Å². The van der Waals surface area contributed by atoms with Gasteiger partial charge in [0.2, 0.25) is 0 Å². The van der Waals surface area contributed by atoms with Gasteiger partial charge in [-0.2, -0.15) is 13.2 Å². The molecule has 1 aliphatic rings. The molecule has 0 aromatic heterocycles. The quantitative estimate of drug-likeness (QED) is 0.730. The van der Waals surface area contributed by atoms with Crippen molar-refractivity contribution in [1.82, 2.24) is 9.80 Å². The van der Waals surface area contributed by atoms with Crippen LogP contribution in [0.4, 0.5) is 24.5 Å². The average Bonchev–Trinajstić information content (AvgIpc) is 2.91. The second kappa shape index (κ2) is 8.25. The Hall–Kier alpha value is -3.23. The molecule has 2 aromatic carbocycles. The molecule has 2 amide bonds. The Morgan fingerprint density at radius 1 is 0.800 bits per heavy atom. The van der Waals surface area contributed by atoms with Crippen molar-refractivity contribution in [2.75, 3.05) is 37.6 Å². The molecule has 0 radical (unpaired) electrons. The zero-order valence-corrected chi connectivity index (χ0v) is 16.5. The largest absolute Gasteiger partial charge is 0.416 e. The number of hydrogen-bond acceptors (Lipinski definition) is 4. The first kappa shape index (κ1) is 21.5. The van der Waals surface area contributed by atoms with Gasteiger partial charge in [-0.3, -0.25) is 9.59 Å². The summed E-state index contributed by atoms with van der Waals surface area (Å²) in [4.78, 5) is 28.7. The monoisotopic (exact) mass is 420 g/mol. The van der Waals surface area contributed by atoms with E-state index in [1.165, 1.54) is 11.0 Å². The van der Waals surface area contributed by atoms with Crippen LogP contribution in [0.15, 0.2) is 36.4 Å². The molecular weight excluding hydrogens is 397 g/mol. The summed E-state index contributed by atoms with van der Waals surface area (Å²) >= 11 is 0. The molecule has 9 heteroatoms. The molecule has 160 valence electrons. The van der Waals surface area contributed by atoms with Gasteiger partial charge in [-0.15, -0.1) is 0 Å². The topological polar surface area (TPSA) is 92.7 Å². The van der Waals surface area contributed by atoms with Crippen LogP contribution in [0.3, 0.4) is 0 Å². The zero-order valence-electron chi connectivity index (χ0n) is 16.5. The first-order chi connectivity index (χ1) is 14.0. The van der Waals surface area contributed by atoms with Gasteiger partial charge in [0.1, 0.15) is 0 Å². The van der Waals surface area contributed by atoms with Crippen LogP contribution in [-0.4, -0.2) is 47.8 Å². The van der Waals surface area contributed by atoms with Crippen LogP contribution < -0.4 is 11.5 Å². The molecule has 0 atom stereocenters. The van der Waals surface area contributed by atoms with Gasteiger partial charge in [0.25, 0.3) is 11.8 Å². The summed E-state index contributed by atoms with van der Waals surface area (Å²) in [6.45, 7) is 3.08. The van der Waals surface area contributed by atoms with Crippen molar-refractivity contribution in [3.05, 3.63) is 58.7 Å². The number of amides is 2. The Morgan fingerprint density at radius 2 is 1.30 bits per heavy atom. The van der Waals surface area contributed by atoms with E-state index in [0.717, 1.165) is 17.7 Å². The molecule has 1 fully saturated rings. The van der Waals surface area contributed by atoms with Gasteiger partial charge in [-0.05, 0) is 55.3 Å². The lowest BCUT2D eigenvalue weighted by molar-refractivity contribution is -0.137. The number of alkyl halides is 3. The maximum Gasteiger partial charge on any atom is 0.416 e. The van der Waals surface area contributed by atoms with Gasteiger partial charge < -0.3 is 21.3 Å². The van der Waals surface area contributed by atoms with Crippen molar-refractivity contribution < 1.29 is 22.8 Å². The summed E-state index contributed by atoms with van der Waals surface area (Å²) in [5.41, 5.74) is 12.0. The maximum atomic E-state index is 13.0. The summed E-state index contributed by atoms with van der Waals surface area (Å²) in [6.07, 6.45) is -4.09. The number of aryl methyl sites for hydroxylation is 1. The molecule has 1 heterocycles. The van der Waals surface area contributed by atoms with E-state index >= 15 is 0 Å². The van der Waals surface area contributed by atoms with Crippen molar-refractivity contribution in [3.8, 4) is 0 Å². The molecular formula is C21H23F3N4O2. The van der Waals surface area contributed by atoms with Crippen LogP contribution in [-0.2, 0) is 6.18 Å². The van der Waals surface area contributed by atoms with E-state index in [4.69, 9.17) is 11.5 Å². The highest BCUT2D eigenvalue weighted by Crippen LogP contribution is 2.31. The summed E-state index contributed by atoms with van der Waals surface area (Å²) in [6, 6.07) is 7.96. The van der Waals surface area contributed by atoms with Crippen LogP contribution in [0.25, 0.3) is 0 Å². The van der Waals surface area contributed by atoms with Crippen LogP contribution >= 0.6 is 0 Å². The Kier molecular flexibility index (Phi) is 5.91. The van der Waals surface area contributed by atoms with Gasteiger partial charge in [0.05, 0.1) is 5.56 Å². The summed E-state index contributed by atoms with van der Waals surface area (Å²) in [5, 5.41) is 0. The Balaban J connectivity index is 1.74. The first-order valence-corrected chi connectivity index (χ1v) is 9.48. The lowest BCUT2D eigenvalue weighted by atomic mass is 10.1. The normalized spacial score (nSPS) is 15.1. The predicted octanol–water partition coefficient (Wildman–Crippen LogP) is 3.17. The van der Waals surface area contributed by atoms with Crippen molar-refractivity contribution in [3.63, 3.8) is 0 Å². The number of hydrogen-bond donors (Lipinski definition) is 2. The molecule has 0 aliphatic carbocycles. The molecule has 0 unspecified atom stereocenters.